The summed E-state index contributed by atoms with van der Waals surface area (Å²) in [6, 6.07) is 35.0. The first kappa shape index (κ1) is 17.2. The lowest BCUT2D eigenvalue weighted by molar-refractivity contribution is 1.59. The van der Waals surface area contributed by atoms with Gasteiger partial charge in [0.05, 0.1) is 0 Å². The summed E-state index contributed by atoms with van der Waals surface area (Å²) < 4.78 is 0. The third-order valence-corrected chi connectivity index (χ3v) is 6.77. The van der Waals surface area contributed by atoms with Gasteiger partial charge in [0.1, 0.15) is 0 Å². The molecule has 5 aromatic rings. The van der Waals surface area contributed by atoms with Gasteiger partial charge in [-0.1, -0.05) is 84.9 Å². The first-order valence-corrected chi connectivity index (χ1v) is 11.0. The fourth-order valence-electron chi connectivity index (χ4n) is 3.39. The molecule has 5 rings (SSSR count). The van der Waals surface area contributed by atoms with Crippen molar-refractivity contribution in [1.82, 2.24) is 0 Å². The van der Waals surface area contributed by atoms with Crippen molar-refractivity contribution in [2.45, 2.75) is 0 Å². The Hall–Kier alpha value is -2.94. The van der Waals surface area contributed by atoms with Gasteiger partial charge in [-0.3, -0.25) is 0 Å². The SMILES string of the molecule is c1csc(-c2ccc(-c3ccc(-c4ccc(-c5cccs5)cc4)cc3)cc2)c1. The summed E-state index contributed by atoms with van der Waals surface area (Å²) in [5, 5.41) is 4.24. The fourth-order valence-corrected chi connectivity index (χ4v) is 4.86. The highest BCUT2D eigenvalue weighted by molar-refractivity contribution is 7.13. The summed E-state index contributed by atoms with van der Waals surface area (Å²) in [6.45, 7) is 0. The first-order chi connectivity index (χ1) is 13.9. The molecule has 28 heavy (non-hydrogen) atoms. The molecule has 0 saturated heterocycles. The highest BCUT2D eigenvalue weighted by atomic mass is 32.1. The minimum absolute atomic E-state index is 1.25. The third kappa shape index (κ3) is 3.45. The molecule has 2 heterocycles. The minimum atomic E-state index is 1.25. The van der Waals surface area contributed by atoms with Crippen molar-refractivity contribution in [3.8, 4) is 43.1 Å². The van der Waals surface area contributed by atoms with Crippen molar-refractivity contribution >= 4 is 22.7 Å². The van der Waals surface area contributed by atoms with Crippen LogP contribution >= 0.6 is 22.7 Å². The van der Waals surface area contributed by atoms with E-state index in [0.717, 1.165) is 0 Å². The molecular formula is C26H18S2. The van der Waals surface area contributed by atoms with Gasteiger partial charge in [-0.25, -0.2) is 0 Å². The number of benzene rings is 3. The van der Waals surface area contributed by atoms with Crippen LogP contribution in [0.4, 0.5) is 0 Å². The summed E-state index contributed by atoms with van der Waals surface area (Å²) >= 11 is 3.56. The molecule has 0 N–H and O–H groups in total. The monoisotopic (exact) mass is 394 g/mol. The predicted octanol–water partition coefficient (Wildman–Crippen LogP) is 8.48. The Bertz CT molecular complexity index is 1050. The summed E-state index contributed by atoms with van der Waals surface area (Å²) in [4.78, 5) is 2.63. The van der Waals surface area contributed by atoms with Crippen molar-refractivity contribution in [2.24, 2.45) is 0 Å². The molecule has 0 amide bonds. The van der Waals surface area contributed by atoms with E-state index in [-0.39, 0.29) is 0 Å². The molecule has 0 saturated carbocycles. The third-order valence-electron chi connectivity index (χ3n) is 4.93. The van der Waals surface area contributed by atoms with Gasteiger partial charge in [0, 0.05) is 9.75 Å². The number of hydrogen-bond acceptors (Lipinski definition) is 2. The van der Waals surface area contributed by atoms with Crippen LogP contribution in [0.5, 0.6) is 0 Å². The average molecular weight is 395 g/mol. The van der Waals surface area contributed by atoms with E-state index in [0.29, 0.717) is 0 Å². The zero-order valence-electron chi connectivity index (χ0n) is 15.2. The maximum Gasteiger partial charge on any atom is 0.0342 e. The normalized spacial score (nSPS) is 10.9. The molecule has 0 fully saturated rings. The van der Waals surface area contributed by atoms with Crippen molar-refractivity contribution in [3.63, 3.8) is 0 Å². The van der Waals surface area contributed by atoms with Crippen molar-refractivity contribution < 1.29 is 0 Å². The Kier molecular flexibility index (Phi) is 4.66. The maximum absolute atomic E-state index is 2.21. The topological polar surface area (TPSA) is 0 Å². The molecule has 2 aromatic heterocycles. The molecule has 3 aromatic carbocycles. The molecule has 0 radical (unpaired) electrons. The lowest BCUT2D eigenvalue weighted by atomic mass is 9.99. The molecular weight excluding hydrogens is 376 g/mol. The van der Waals surface area contributed by atoms with Gasteiger partial charge in [0.2, 0.25) is 0 Å². The molecule has 2 heteroatoms. The van der Waals surface area contributed by atoms with E-state index >= 15 is 0 Å². The second-order valence-corrected chi connectivity index (χ2v) is 8.58. The van der Waals surface area contributed by atoms with Crippen LogP contribution in [0.3, 0.4) is 0 Å². The Labute approximate surface area is 173 Å². The van der Waals surface area contributed by atoms with Crippen molar-refractivity contribution in [2.75, 3.05) is 0 Å². The summed E-state index contributed by atoms with van der Waals surface area (Å²) in [7, 11) is 0. The smallest absolute Gasteiger partial charge is 0.0342 e. The number of rotatable bonds is 4. The van der Waals surface area contributed by atoms with E-state index in [1.807, 2.05) is 0 Å². The van der Waals surface area contributed by atoms with E-state index in [9.17, 15) is 0 Å². The lowest BCUT2D eigenvalue weighted by Crippen LogP contribution is -1.81. The molecule has 0 unspecified atom stereocenters. The van der Waals surface area contributed by atoms with Gasteiger partial charge < -0.3 is 0 Å². The van der Waals surface area contributed by atoms with E-state index in [1.54, 1.807) is 22.7 Å². The molecule has 0 aliphatic heterocycles. The zero-order chi connectivity index (χ0) is 18.8. The Morgan fingerprint density at radius 1 is 0.321 bits per heavy atom. The Balaban J connectivity index is 1.37. The highest BCUT2D eigenvalue weighted by Gasteiger charge is 2.04. The lowest BCUT2D eigenvalue weighted by Gasteiger charge is -2.07. The van der Waals surface area contributed by atoms with Crippen LogP contribution in [-0.2, 0) is 0 Å². The highest BCUT2D eigenvalue weighted by Crippen LogP contribution is 2.31. The van der Waals surface area contributed by atoms with Crippen LogP contribution in [-0.4, -0.2) is 0 Å². The number of thiophene rings is 2. The fraction of sp³-hybridized carbons (Fsp3) is 0. The average Bonchev–Trinajstić information content (AvgIpc) is 3.49. The molecule has 0 spiro atoms. The largest absolute Gasteiger partial charge is 0.144 e. The Morgan fingerprint density at radius 3 is 0.857 bits per heavy atom. The van der Waals surface area contributed by atoms with Crippen LogP contribution in [0.15, 0.2) is 108 Å². The van der Waals surface area contributed by atoms with E-state index in [4.69, 9.17) is 0 Å². The van der Waals surface area contributed by atoms with E-state index in [1.165, 1.54) is 43.1 Å². The molecule has 0 nitrogen and oxygen atoms in total. The van der Waals surface area contributed by atoms with E-state index in [2.05, 4.69) is 108 Å². The summed E-state index contributed by atoms with van der Waals surface area (Å²) in [6.07, 6.45) is 0. The van der Waals surface area contributed by atoms with Crippen LogP contribution in [0.25, 0.3) is 43.1 Å². The quantitative estimate of drug-likeness (QED) is 0.287. The van der Waals surface area contributed by atoms with Gasteiger partial charge in [-0.2, -0.15) is 0 Å². The van der Waals surface area contributed by atoms with Crippen LogP contribution in [0, 0.1) is 0 Å². The Morgan fingerprint density at radius 2 is 0.607 bits per heavy atom. The van der Waals surface area contributed by atoms with Crippen molar-refractivity contribution in [3.05, 3.63) is 108 Å². The second kappa shape index (κ2) is 7.59. The van der Waals surface area contributed by atoms with Gasteiger partial charge in [-0.05, 0) is 56.3 Å². The predicted molar refractivity (Wildman–Crippen MR) is 124 cm³/mol. The van der Waals surface area contributed by atoms with Crippen LogP contribution in [0.2, 0.25) is 0 Å². The van der Waals surface area contributed by atoms with Gasteiger partial charge in [-0.15, -0.1) is 22.7 Å². The first-order valence-electron chi connectivity index (χ1n) is 9.25. The standard InChI is InChI=1S/C26H18S2/c1-3-25(27-17-1)23-13-9-21(10-14-23)19-5-7-20(8-6-19)22-11-15-24(16-12-22)26-4-2-18-28-26/h1-18H. The minimum Gasteiger partial charge on any atom is -0.144 e. The summed E-state index contributed by atoms with van der Waals surface area (Å²) in [5.74, 6) is 0. The van der Waals surface area contributed by atoms with E-state index < -0.39 is 0 Å². The zero-order valence-corrected chi connectivity index (χ0v) is 16.8. The molecule has 134 valence electrons. The van der Waals surface area contributed by atoms with Crippen LogP contribution in [0.1, 0.15) is 0 Å². The second-order valence-electron chi connectivity index (χ2n) is 6.69. The molecule has 0 aliphatic rings. The van der Waals surface area contributed by atoms with Gasteiger partial charge in [0.15, 0.2) is 0 Å². The van der Waals surface area contributed by atoms with Crippen LogP contribution < -0.4 is 0 Å². The van der Waals surface area contributed by atoms with Gasteiger partial charge in [0.25, 0.3) is 0 Å². The molecule has 0 aliphatic carbocycles. The molecule has 0 atom stereocenters. The van der Waals surface area contributed by atoms with Gasteiger partial charge >= 0.3 is 0 Å². The molecule has 0 bridgehead atoms. The van der Waals surface area contributed by atoms with Crippen molar-refractivity contribution in [1.29, 1.82) is 0 Å². The maximum atomic E-state index is 2.21. The summed E-state index contributed by atoms with van der Waals surface area (Å²) in [5.41, 5.74) is 7.55. The number of hydrogen-bond donors (Lipinski definition) is 0.